The molecule has 1 N–H and O–H groups in total. The van der Waals surface area contributed by atoms with Crippen LogP contribution < -0.4 is 0 Å². The fourth-order valence-corrected chi connectivity index (χ4v) is 1.76. The molecule has 20 heavy (non-hydrogen) atoms. The van der Waals surface area contributed by atoms with E-state index in [-0.39, 0.29) is 23.0 Å². The lowest BCUT2D eigenvalue weighted by molar-refractivity contribution is 0.0683. The van der Waals surface area contributed by atoms with E-state index in [0.29, 0.717) is 0 Å². The standard InChI is InChI=1S/C13H13F2N3O2/c1-6(2)12-16-11(13(19)20)17-18(12)10-5-8(14)7(3)4-9(10)15/h4-6H,1-3H3,(H,19,20). The molecule has 2 rings (SSSR count). The molecule has 0 saturated heterocycles. The Morgan fingerprint density at radius 3 is 2.50 bits per heavy atom. The Hall–Kier alpha value is -2.31. The van der Waals surface area contributed by atoms with Gasteiger partial charge in [0, 0.05) is 12.0 Å². The molecule has 0 fully saturated rings. The van der Waals surface area contributed by atoms with E-state index in [1.165, 1.54) is 6.92 Å². The van der Waals surface area contributed by atoms with Gasteiger partial charge in [0.1, 0.15) is 23.1 Å². The number of carboxylic acid groups (broad SMARTS) is 1. The van der Waals surface area contributed by atoms with E-state index in [4.69, 9.17) is 5.11 Å². The van der Waals surface area contributed by atoms with E-state index in [1.807, 2.05) is 0 Å². The van der Waals surface area contributed by atoms with Crippen molar-refractivity contribution in [2.45, 2.75) is 26.7 Å². The Bertz CT molecular complexity index is 680. The molecule has 0 aliphatic rings. The summed E-state index contributed by atoms with van der Waals surface area (Å²) >= 11 is 0. The first-order valence-electron chi connectivity index (χ1n) is 5.97. The fourth-order valence-electron chi connectivity index (χ4n) is 1.76. The van der Waals surface area contributed by atoms with Gasteiger partial charge in [-0.25, -0.2) is 23.2 Å². The first-order valence-corrected chi connectivity index (χ1v) is 5.97. The van der Waals surface area contributed by atoms with Crippen molar-refractivity contribution < 1.29 is 18.7 Å². The van der Waals surface area contributed by atoms with Gasteiger partial charge in [0.25, 0.3) is 5.82 Å². The maximum atomic E-state index is 14.0. The Labute approximate surface area is 113 Å². The van der Waals surface area contributed by atoms with Gasteiger partial charge in [0.05, 0.1) is 0 Å². The minimum Gasteiger partial charge on any atom is -0.475 e. The second-order valence-electron chi connectivity index (χ2n) is 4.72. The van der Waals surface area contributed by atoms with Gasteiger partial charge < -0.3 is 5.11 Å². The van der Waals surface area contributed by atoms with Crippen molar-refractivity contribution in [2.24, 2.45) is 0 Å². The lowest BCUT2D eigenvalue weighted by atomic mass is 10.2. The van der Waals surface area contributed by atoms with E-state index in [2.05, 4.69) is 10.1 Å². The molecular weight excluding hydrogens is 268 g/mol. The summed E-state index contributed by atoms with van der Waals surface area (Å²) in [4.78, 5) is 14.8. The lowest BCUT2D eigenvalue weighted by Gasteiger charge is -2.10. The molecule has 0 amide bonds. The number of carbonyl (C=O) groups is 1. The van der Waals surface area contributed by atoms with Gasteiger partial charge in [-0.05, 0) is 18.6 Å². The van der Waals surface area contributed by atoms with E-state index in [1.54, 1.807) is 13.8 Å². The van der Waals surface area contributed by atoms with Gasteiger partial charge >= 0.3 is 5.97 Å². The quantitative estimate of drug-likeness (QED) is 0.939. The molecule has 5 nitrogen and oxygen atoms in total. The monoisotopic (exact) mass is 281 g/mol. The molecule has 1 aromatic carbocycles. The average Bonchev–Trinajstić information content (AvgIpc) is 2.78. The molecule has 0 spiro atoms. The molecule has 0 atom stereocenters. The largest absolute Gasteiger partial charge is 0.475 e. The number of rotatable bonds is 3. The summed E-state index contributed by atoms with van der Waals surface area (Å²) in [5.74, 6) is -2.99. The van der Waals surface area contributed by atoms with Crippen LogP contribution in [0.25, 0.3) is 5.69 Å². The highest BCUT2D eigenvalue weighted by Gasteiger charge is 2.21. The van der Waals surface area contributed by atoms with Crippen LogP contribution >= 0.6 is 0 Å². The molecule has 0 radical (unpaired) electrons. The first-order chi connectivity index (χ1) is 9.31. The number of hydrogen-bond acceptors (Lipinski definition) is 3. The number of aromatic nitrogens is 3. The molecule has 2 aromatic rings. The molecule has 0 unspecified atom stereocenters. The van der Waals surface area contributed by atoms with Crippen molar-refractivity contribution in [3.05, 3.63) is 41.0 Å². The van der Waals surface area contributed by atoms with Crippen LogP contribution in [0.15, 0.2) is 12.1 Å². The highest BCUT2D eigenvalue weighted by atomic mass is 19.1. The SMILES string of the molecule is Cc1cc(F)c(-n2nc(C(=O)O)nc2C(C)C)cc1F. The number of nitrogens with zero attached hydrogens (tertiary/aromatic N) is 3. The van der Waals surface area contributed by atoms with E-state index < -0.39 is 23.4 Å². The summed E-state index contributed by atoms with van der Waals surface area (Å²) in [6.45, 7) is 4.96. The van der Waals surface area contributed by atoms with E-state index in [9.17, 15) is 13.6 Å². The molecule has 1 aromatic heterocycles. The van der Waals surface area contributed by atoms with Crippen LogP contribution in [0.4, 0.5) is 8.78 Å². The normalized spacial score (nSPS) is 11.1. The molecule has 0 saturated carbocycles. The summed E-state index contributed by atoms with van der Waals surface area (Å²) in [6.07, 6.45) is 0. The third-order valence-electron chi connectivity index (χ3n) is 2.80. The maximum Gasteiger partial charge on any atom is 0.375 e. The summed E-state index contributed by atoms with van der Waals surface area (Å²) < 4.78 is 28.6. The third-order valence-corrected chi connectivity index (χ3v) is 2.80. The van der Waals surface area contributed by atoms with Crippen LogP contribution in [-0.2, 0) is 0 Å². The molecule has 7 heteroatoms. The van der Waals surface area contributed by atoms with Crippen molar-refractivity contribution in [3.8, 4) is 5.69 Å². The molecule has 0 aliphatic heterocycles. The van der Waals surface area contributed by atoms with E-state index >= 15 is 0 Å². The first kappa shape index (κ1) is 14.1. The smallest absolute Gasteiger partial charge is 0.375 e. The van der Waals surface area contributed by atoms with Crippen LogP contribution in [0, 0.1) is 18.6 Å². The zero-order valence-electron chi connectivity index (χ0n) is 11.2. The highest BCUT2D eigenvalue weighted by molar-refractivity contribution is 5.83. The zero-order valence-corrected chi connectivity index (χ0v) is 11.2. The van der Waals surface area contributed by atoms with Gasteiger partial charge in [-0.3, -0.25) is 0 Å². The van der Waals surface area contributed by atoms with Crippen LogP contribution in [0.3, 0.4) is 0 Å². The predicted molar refractivity (Wildman–Crippen MR) is 67.1 cm³/mol. The Kier molecular flexibility index (Phi) is 3.52. The number of halogens is 2. The number of benzene rings is 1. The van der Waals surface area contributed by atoms with Gasteiger partial charge in [-0.1, -0.05) is 13.8 Å². The Morgan fingerprint density at radius 2 is 1.95 bits per heavy atom. The highest BCUT2D eigenvalue weighted by Crippen LogP contribution is 2.22. The van der Waals surface area contributed by atoms with Crippen molar-refractivity contribution in [1.82, 2.24) is 14.8 Å². The number of aryl methyl sites for hydroxylation is 1. The van der Waals surface area contributed by atoms with Crippen LogP contribution in [0.1, 0.15) is 41.8 Å². The second kappa shape index (κ2) is 4.99. The van der Waals surface area contributed by atoms with E-state index in [0.717, 1.165) is 16.8 Å². The second-order valence-corrected chi connectivity index (χ2v) is 4.72. The third kappa shape index (κ3) is 2.38. The fraction of sp³-hybridized carbons (Fsp3) is 0.308. The minimum absolute atomic E-state index is 0.156. The minimum atomic E-state index is -1.32. The van der Waals surface area contributed by atoms with Gasteiger partial charge in [0.2, 0.25) is 0 Å². The molecule has 0 bridgehead atoms. The van der Waals surface area contributed by atoms with Crippen molar-refractivity contribution in [1.29, 1.82) is 0 Å². The van der Waals surface area contributed by atoms with Crippen LogP contribution in [0.5, 0.6) is 0 Å². The predicted octanol–water partition coefficient (Wildman–Crippen LogP) is 2.68. The summed E-state index contributed by atoms with van der Waals surface area (Å²) in [5.41, 5.74) is 0.00715. The van der Waals surface area contributed by atoms with Gasteiger partial charge in [-0.15, -0.1) is 5.10 Å². The number of carboxylic acids is 1. The topological polar surface area (TPSA) is 68.0 Å². The zero-order chi connectivity index (χ0) is 15.0. The lowest BCUT2D eigenvalue weighted by Crippen LogP contribution is -2.08. The molecule has 106 valence electrons. The maximum absolute atomic E-state index is 14.0. The summed E-state index contributed by atoms with van der Waals surface area (Å²) in [7, 11) is 0. The van der Waals surface area contributed by atoms with Crippen molar-refractivity contribution >= 4 is 5.97 Å². The van der Waals surface area contributed by atoms with Crippen LogP contribution in [-0.4, -0.2) is 25.8 Å². The Balaban J connectivity index is 2.68. The number of aromatic carboxylic acids is 1. The van der Waals surface area contributed by atoms with Gasteiger partial charge in [-0.2, -0.15) is 0 Å². The van der Waals surface area contributed by atoms with Crippen molar-refractivity contribution in [3.63, 3.8) is 0 Å². The van der Waals surface area contributed by atoms with Crippen molar-refractivity contribution in [2.75, 3.05) is 0 Å². The summed E-state index contributed by atoms with van der Waals surface area (Å²) in [5, 5.41) is 12.6. The average molecular weight is 281 g/mol. The van der Waals surface area contributed by atoms with Gasteiger partial charge in [0.15, 0.2) is 0 Å². The van der Waals surface area contributed by atoms with Crippen LogP contribution in [0.2, 0.25) is 0 Å². The molecular formula is C13H13F2N3O2. The Morgan fingerprint density at radius 1 is 1.30 bits per heavy atom. The number of hydrogen-bond donors (Lipinski definition) is 1. The molecule has 1 heterocycles. The summed E-state index contributed by atoms with van der Waals surface area (Å²) in [6, 6.07) is 2.02. The molecule has 0 aliphatic carbocycles.